The molecule has 1 aliphatic rings. The van der Waals surface area contributed by atoms with Gasteiger partial charge in [0.25, 0.3) is 0 Å². The number of anilines is 4. The Balaban J connectivity index is 0.00000433. The standard InChI is InChI=1S/C53H40N5O.Pt/c1-53(2,3)37-28-39(57-34-56(38-17-9-6-10-18-38)48-21-13-14-22-49(48)57)30-41(29-37)59-40-24-25-43-44-27-36(35-15-7-5-8-16-35)23-26-47(44)58(51(43)31-40)52-32-50-45(33-54-52)42-19-11-12-20-46(42)55(50)4;/h5-29,32-34H,1-4H3;/q-3;. The zero-order valence-corrected chi connectivity index (χ0v) is 35.9. The van der Waals surface area contributed by atoms with Gasteiger partial charge < -0.3 is 23.7 Å². The minimum atomic E-state index is -0.150. The molecule has 0 aliphatic carbocycles. The summed E-state index contributed by atoms with van der Waals surface area (Å²) in [5.74, 6) is 2.04. The van der Waals surface area contributed by atoms with E-state index >= 15 is 0 Å². The molecule has 0 fully saturated rings. The summed E-state index contributed by atoms with van der Waals surface area (Å²) in [5.41, 5.74) is 11.7. The van der Waals surface area contributed by atoms with Crippen molar-refractivity contribution >= 4 is 66.4 Å². The molecule has 60 heavy (non-hydrogen) atoms. The van der Waals surface area contributed by atoms with Gasteiger partial charge in [0.2, 0.25) is 0 Å². The molecule has 11 rings (SSSR count). The number of hydrogen-bond acceptors (Lipinski definition) is 4. The van der Waals surface area contributed by atoms with E-state index in [4.69, 9.17) is 9.72 Å². The number of benzene rings is 7. The molecule has 7 heteroatoms. The van der Waals surface area contributed by atoms with Crippen molar-refractivity contribution in [2.24, 2.45) is 7.05 Å². The fraction of sp³-hybridized carbons (Fsp3) is 0.0943. The molecule has 0 bridgehead atoms. The van der Waals surface area contributed by atoms with E-state index in [0.717, 1.165) is 72.4 Å². The molecule has 4 heterocycles. The SMILES string of the molecule is Cn1c2ccccc2c2cnc(-n3c4[c-]c(Oc5[c-]c(N6[CH-]N(c7ccccc7)c7ccccc76)cc(C(C)(C)C)c5)ccc4c4cc(-c5ccccc5)ccc43)cc21.[Pt]. The van der Waals surface area contributed by atoms with Gasteiger partial charge in [-0.15, -0.1) is 53.6 Å². The van der Waals surface area contributed by atoms with Crippen LogP contribution in [-0.2, 0) is 33.5 Å². The Morgan fingerprint density at radius 1 is 0.567 bits per heavy atom. The molecule has 0 radical (unpaired) electrons. The van der Waals surface area contributed by atoms with Gasteiger partial charge in [-0.1, -0.05) is 117 Å². The van der Waals surface area contributed by atoms with Gasteiger partial charge in [-0.2, -0.15) is 6.07 Å². The fourth-order valence-electron chi connectivity index (χ4n) is 8.56. The van der Waals surface area contributed by atoms with Crippen molar-refractivity contribution in [2.75, 3.05) is 9.80 Å². The van der Waals surface area contributed by atoms with Gasteiger partial charge in [0.05, 0.1) is 5.52 Å². The Hall–Kier alpha value is -6.62. The summed E-state index contributed by atoms with van der Waals surface area (Å²) < 4.78 is 11.3. The van der Waals surface area contributed by atoms with Crippen molar-refractivity contribution in [1.82, 2.24) is 14.1 Å². The maximum atomic E-state index is 6.83. The van der Waals surface area contributed by atoms with E-state index in [1.165, 1.54) is 16.5 Å². The normalized spacial score (nSPS) is 12.7. The van der Waals surface area contributed by atoms with Crippen molar-refractivity contribution in [3.05, 3.63) is 188 Å². The fourth-order valence-corrected chi connectivity index (χ4v) is 8.56. The van der Waals surface area contributed by atoms with Gasteiger partial charge in [0.1, 0.15) is 5.82 Å². The van der Waals surface area contributed by atoms with Crippen molar-refractivity contribution < 1.29 is 25.8 Å². The molecule has 7 aromatic carbocycles. The maximum absolute atomic E-state index is 6.83. The molecule has 1 aliphatic heterocycles. The molecule has 296 valence electrons. The summed E-state index contributed by atoms with van der Waals surface area (Å²) in [6, 6.07) is 62.7. The average Bonchev–Trinajstić information content (AvgIpc) is 3.91. The number of fused-ring (bicyclic) bond motifs is 7. The number of pyridine rings is 1. The maximum Gasteiger partial charge on any atom is 0.137 e. The van der Waals surface area contributed by atoms with Gasteiger partial charge in [-0.05, 0) is 58.3 Å². The van der Waals surface area contributed by atoms with Crippen molar-refractivity contribution in [3.63, 3.8) is 0 Å². The Bertz CT molecular complexity index is 3240. The van der Waals surface area contributed by atoms with Crippen LogP contribution in [0, 0.1) is 18.8 Å². The van der Waals surface area contributed by atoms with E-state index in [2.05, 4.69) is 211 Å². The van der Waals surface area contributed by atoms with Crippen LogP contribution < -0.4 is 14.5 Å². The molecule has 6 nitrogen and oxygen atoms in total. The zero-order valence-electron chi connectivity index (χ0n) is 33.6. The first kappa shape index (κ1) is 37.6. The van der Waals surface area contributed by atoms with Crippen LogP contribution >= 0.6 is 0 Å². The van der Waals surface area contributed by atoms with Crippen LogP contribution in [0.3, 0.4) is 0 Å². The Labute approximate surface area is 364 Å². The first-order valence-electron chi connectivity index (χ1n) is 20.0. The number of aromatic nitrogens is 3. The molecule has 0 saturated heterocycles. The third kappa shape index (κ3) is 6.26. The van der Waals surface area contributed by atoms with Crippen LogP contribution in [-0.4, -0.2) is 14.1 Å². The molecule has 0 atom stereocenters. The van der Waals surface area contributed by atoms with Crippen LogP contribution in [0.1, 0.15) is 26.3 Å². The third-order valence-electron chi connectivity index (χ3n) is 11.6. The smallest absolute Gasteiger partial charge is 0.137 e. The first-order valence-corrected chi connectivity index (χ1v) is 20.0. The van der Waals surface area contributed by atoms with Crippen LogP contribution in [0.4, 0.5) is 22.7 Å². The first-order chi connectivity index (χ1) is 28.8. The molecule has 10 aromatic rings. The van der Waals surface area contributed by atoms with E-state index in [1.54, 1.807) is 0 Å². The molecule has 0 spiro atoms. The molecule has 0 amide bonds. The number of nitrogens with zero attached hydrogens (tertiary/aromatic N) is 5. The summed E-state index contributed by atoms with van der Waals surface area (Å²) in [6.45, 7) is 8.83. The Morgan fingerprint density at radius 2 is 1.28 bits per heavy atom. The van der Waals surface area contributed by atoms with E-state index in [9.17, 15) is 0 Å². The monoisotopic (exact) mass is 957 g/mol. The van der Waals surface area contributed by atoms with Crippen molar-refractivity contribution in [2.45, 2.75) is 26.2 Å². The summed E-state index contributed by atoms with van der Waals surface area (Å²) >= 11 is 0. The Kier molecular flexibility index (Phi) is 9.15. The molecular formula is C53H40N5OPt-3. The third-order valence-corrected chi connectivity index (χ3v) is 11.6. The summed E-state index contributed by atoms with van der Waals surface area (Å²) in [7, 11) is 2.12. The number of para-hydroxylation sites is 4. The summed E-state index contributed by atoms with van der Waals surface area (Å²) in [4.78, 5) is 9.54. The van der Waals surface area contributed by atoms with Gasteiger partial charge in [-0.3, -0.25) is 0 Å². The van der Waals surface area contributed by atoms with E-state index in [1.807, 2.05) is 18.3 Å². The topological polar surface area (TPSA) is 38.5 Å². The zero-order chi connectivity index (χ0) is 39.8. The molecule has 3 aromatic heterocycles. The van der Waals surface area contributed by atoms with Crippen molar-refractivity contribution in [3.8, 4) is 28.4 Å². The second kappa shape index (κ2) is 14.6. The second-order valence-electron chi connectivity index (χ2n) is 16.3. The summed E-state index contributed by atoms with van der Waals surface area (Å²) in [5, 5.41) is 4.51. The number of hydrogen-bond donors (Lipinski definition) is 0. The largest absolute Gasteiger partial charge is 0.509 e. The minimum Gasteiger partial charge on any atom is -0.509 e. The predicted octanol–water partition coefficient (Wildman–Crippen LogP) is 13.6. The number of rotatable bonds is 6. The minimum absolute atomic E-state index is 0. The van der Waals surface area contributed by atoms with Gasteiger partial charge in [-0.25, -0.2) is 4.98 Å². The van der Waals surface area contributed by atoms with Crippen LogP contribution in [0.2, 0.25) is 0 Å². The van der Waals surface area contributed by atoms with Gasteiger partial charge in [0.15, 0.2) is 0 Å². The second-order valence-corrected chi connectivity index (χ2v) is 16.3. The van der Waals surface area contributed by atoms with Crippen LogP contribution in [0.15, 0.2) is 164 Å². The molecule has 0 unspecified atom stereocenters. The molecular weight excluding hydrogens is 918 g/mol. The predicted molar refractivity (Wildman–Crippen MR) is 242 cm³/mol. The quantitative estimate of drug-likeness (QED) is 0.156. The average molecular weight is 958 g/mol. The van der Waals surface area contributed by atoms with E-state index < -0.39 is 0 Å². The molecule has 0 saturated carbocycles. The number of ether oxygens (including phenoxy) is 1. The van der Waals surface area contributed by atoms with E-state index in [-0.39, 0.29) is 26.5 Å². The van der Waals surface area contributed by atoms with Crippen LogP contribution in [0.25, 0.3) is 60.6 Å². The summed E-state index contributed by atoms with van der Waals surface area (Å²) in [6.07, 6.45) is 2.00. The van der Waals surface area contributed by atoms with Gasteiger partial charge >= 0.3 is 0 Å². The van der Waals surface area contributed by atoms with E-state index in [0.29, 0.717) is 11.5 Å². The Morgan fingerprint density at radius 3 is 2.07 bits per heavy atom. The van der Waals surface area contributed by atoms with Crippen molar-refractivity contribution in [1.29, 1.82) is 0 Å². The molecule has 0 N–H and O–H groups in total. The van der Waals surface area contributed by atoms with Gasteiger partial charge in [0, 0.05) is 90.7 Å². The number of aryl methyl sites for hydroxylation is 1. The van der Waals surface area contributed by atoms with Crippen LogP contribution in [0.5, 0.6) is 11.5 Å².